The molecule has 3 heterocycles. The van der Waals surface area contributed by atoms with Crippen LogP contribution in [0.4, 0.5) is 5.69 Å². The van der Waals surface area contributed by atoms with Crippen LogP contribution in [0, 0.1) is 18.3 Å². The minimum Gasteiger partial charge on any atom is -0.368 e. The van der Waals surface area contributed by atoms with E-state index in [1.165, 1.54) is 12.3 Å². The number of nitrogens with one attached hydrogen (secondary N) is 1. The highest BCUT2D eigenvalue weighted by atomic mass is 35.5. The Bertz CT molecular complexity index is 1130. The monoisotopic (exact) mass is 481 g/mol. The first-order valence-corrected chi connectivity index (χ1v) is 11.8. The minimum absolute atomic E-state index is 0.0881. The summed E-state index contributed by atoms with van der Waals surface area (Å²) in [7, 11) is 0. The number of aromatic nitrogens is 1. The van der Waals surface area contributed by atoms with Crippen LogP contribution in [0.5, 0.6) is 0 Å². The van der Waals surface area contributed by atoms with Crippen LogP contribution >= 0.6 is 11.6 Å². The summed E-state index contributed by atoms with van der Waals surface area (Å²) >= 11 is 6.39. The van der Waals surface area contributed by atoms with Gasteiger partial charge in [-0.3, -0.25) is 14.5 Å². The van der Waals surface area contributed by atoms with Crippen molar-refractivity contribution in [2.45, 2.75) is 45.4 Å². The number of halogens is 1. The van der Waals surface area contributed by atoms with Gasteiger partial charge >= 0.3 is 0 Å². The predicted molar refractivity (Wildman–Crippen MR) is 129 cm³/mol. The second kappa shape index (κ2) is 10.5. The van der Waals surface area contributed by atoms with Crippen molar-refractivity contribution in [3.63, 3.8) is 0 Å². The van der Waals surface area contributed by atoms with E-state index in [0.717, 1.165) is 37.1 Å². The molecule has 2 fully saturated rings. The first kappa shape index (κ1) is 24.1. The third-order valence-corrected chi connectivity index (χ3v) is 6.68. The highest BCUT2D eigenvalue weighted by Crippen LogP contribution is 2.27. The highest BCUT2D eigenvalue weighted by molar-refractivity contribution is 6.31. The van der Waals surface area contributed by atoms with Crippen molar-refractivity contribution >= 4 is 29.1 Å². The molecule has 8 nitrogen and oxygen atoms in total. The average molecular weight is 482 g/mol. The van der Waals surface area contributed by atoms with E-state index in [1.54, 1.807) is 12.1 Å². The van der Waals surface area contributed by atoms with Gasteiger partial charge in [-0.15, -0.1) is 0 Å². The average Bonchev–Trinajstić information content (AvgIpc) is 3.37. The van der Waals surface area contributed by atoms with Crippen molar-refractivity contribution < 1.29 is 14.3 Å². The van der Waals surface area contributed by atoms with Crippen LogP contribution in [0.1, 0.15) is 46.9 Å². The smallest absolute Gasteiger partial charge is 0.255 e. The fourth-order valence-electron chi connectivity index (χ4n) is 4.56. The molecule has 9 heteroatoms. The van der Waals surface area contributed by atoms with Gasteiger partial charge in [0.25, 0.3) is 11.8 Å². The highest BCUT2D eigenvalue weighted by Gasteiger charge is 2.34. The molecule has 2 aliphatic rings. The molecule has 2 saturated heterocycles. The number of nitriles is 1. The number of hydrogen-bond acceptors (Lipinski definition) is 6. The summed E-state index contributed by atoms with van der Waals surface area (Å²) in [6.45, 7) is 7.51. The van der Waals surface area contributed by atoms with E-state index in [1.807, 2.05) is 24.0 Å². The van der Waals surface area contributed by atoms with Crippen molar-refractivity contribution in [1.29, 1.82) is 5.26 Å². The van der Waals surface area contributed by atoms with Gasteiger partial charge in [0.15, 0.2) is 0 Å². The van der Waals surface area contributed by atoms with Gasteiger partial charge in [0.05, 0.1) is 0 Å². The molecule has 2 aromatic rings. The number of anilines is 1. The summed E-state index contributed by atoms with van der Waals surface area (Å²) in [6.07, 6.45) is 2.89. The zero-order valence-corrected chi connectivity index (χ0v) is 20.1. The van der Waals surface area contributed by atoms with Gasteiger partial charge in [0.2, 0.25) is 0 Å². The number of benzene rings is 1. The molecule has 178 valence electrons. The Labute approximate surface area is 204 Å². The zero-order chi connectivity index (χ0) is 24.2. The first-order valence-electron chi connectivity index (χ1n) is 11.5. The normalized spacial score (nSPS) is 20.7. The molecular formula is C25H28ClN5O3. The van der Waals surface area contributed by atoms with E-state index in [4.69, 9.17) is 21.6 Å². The van der Waals surface area contributed by atoms with Crippen molar-refractivity contribution in [3.8, 4) is 6.07 Å². The molecule has 2 amide bonds. The second-order valence-corrected chi connectivity index (χ2v) is 9.29. The molecule has 34 heavy (non-hydrogen) atoms. The van der Waals surface area contributed by atoms with Crippen LogP contribution in [-0.2, 0) is 16.1 Å². The number of carbonyl (C=O) groups is 2. The molecule has 1 aromatic carbocycles. The molecule has 1 aromatic heterocycles. The van der Waals surface area contributed by atoms with E-state index in [-0.39, 0.29) is 29.7 Å². The van der Waals surface area contributed by atoms with Crippen molar-refractivity contribution in [3.05, 3.63) is 57.9 Å². The maximum atomic E-state index is 12.8. The molecule has 0 unspecified atom stereocenters. The van der Waals surface area contributed by atoms with Crippen LogP contribution < -0.4 is 5.32 Å². The first-order chi connectivity index (χ1) is 16.4. The van der Waals surface area contributed by atoms with Gasteiger partial charge in [-0.25, -0.2) is 4.98 Å². The van der Waals surface area contributed by atoms with Crippen molar-refractivity contribution in [2.24, 2.45) is 0 Å². The quantitative estimate of drug-likeness (QED) is 0.703. The van der Waals surface area contributed by atoms with Crippen LogP contribution in [0.15, 0.2) is 30.5 Å². The molecule has 2 aliphatic heterocycles. The summed E-state index contributed by atoms with van der Waals surface area (Å²) in [6, 6.07) is 8.69. The molecular weight excluding hydrogens is 454 g/mol. The molecule has 2 atom stereocenters. The Hall–Kier alpha value is -2.99. The zero-order valence-electron chi connectivity index (χ0n) is 19.4. The molecule has 0 spiro atoms. The van der Waals surface area contributed by atoms with Crippen molar-refractivity contribution in [1.82, 2.24) is 14.8 Å². The summed E-state index contributed by atoms with van der Waals surface area (Å²) in [5.74, 6) is -0.227. The number of piperazine rings is 1. The molecule has 1 N–H and O–H groups in total. The van der Waals surface area contributed by atoms with E-state index in [2.05, 4.69) is 22.1 Å². The van der Waals surface area contributed by atoms with Gasteiger partial charge in [0.1, 0.15) is 17.9 Å². The summed E-state index contributed by atoms with van der Waals surface area (Å²) < 4.78 is 5.58. The van der Waals surface area contributed by atoms with Crippen molar-refractivity contribution in [2.75, 3.05) is 31.6 Å². The van der Waals surface area contributed by atoms with E-state index in [0.29, 0.717) is 36.0 Å². The lowest BCUT2D eigenvalue weighted by Crippen LogP contribution is -2.55. The van der Waals surface area contributed by atoms with Crippen LogP contribution in [0.25, 0.3) is 0 Å². The molecule has 0 aliphatic carbocycles. The SMILES string of the molecule is Cc1c(CN2CCN(C(=O)[C@@H]3CCCO3)[C@@H](C)C2)cc(Cl)cc1NC(=O)c1ccnc(C#N)c1. The number of ether oxygens (including phenoxy) is 1. The molecule has 0 bridgehead atoms. The second-order valence-electron chi connectivity index (χ2n) is 8.85. The van der Waals surface area contributed by atoms with E-state index in [9.17, 15) is 9.59 Å². The van der Waals surface area contributed by atoms with E-state index < -0.39 is 0 Å². The fourth-order valence-corrected chi connectivity index (χ4v) is 4.80. The van der Waals surface area contributed by atoms with Gasteiger partial charge in [-0.05, 0) is 62.1 Å². The van der Waals surface area contributed by atoms with Gasteiger partial charge in [-0.2, -0.15) is 5.26 Å². The maximum Gasteiger partial charge on any atom is 0.255 e. The number of amides is 2. The van der Waals surface area contributed by atoms with Gasteiger partial charge in [0, 0.05) is 61.3 Å². The number of carbonyl (C=O) groups excluding carboxylic acids is 2. The van der Waals surface area contributed by atoms with Crippen LogP contribution in [0.2, 0.25) is 5.02 Å². The lowest BCUT2D eigenvalue weighted by molar-refractivity contribution is -0.145. The molecule has 4 rings (SSSR count). The Morgan fingerprint density at radius 2 is 2.15 bits per heavy atom. The van der Waals surface area contributed by atoms with E-state index >= 15 is 0 Å². The standard InChI is InChI=1S/C25H28ClN5O3/c1-16-14-30(7-8-31(16)25(33)23-4-3-9-34-23)15-19-10-20(26)12-22(17(19)2)29-24(32)18-5-6-28-21(11-18)13-27/h5-6,10-12,16,23H,3-4,7-9,14-15H2,1-2H3,(H,29,32)/t16-,23-/m0/s1. The Balaban J connectivity index is 1.43. The number of pyridine rings is 1. The molecule has 0 saturated carbocycles. The summed E-state index contributed by atoms with van der Waals surface area (Å²) in [4.78, 5) is 33.7. The Morgan fingerprint density at radius 1 is 1.32 bits per heavy atom. The fraction of sp³-hybridized carbons (Fsp3) is 0.440. The number of hydrogen-bond donors (Lipinski definition) is 1. The lowest BCUT2D eigenvalue weighted by Gasteiger charge is -2.41. The largest absolute Gasteiger partial charge is 0.368 e. The maximum absolute atomic E-state index is 12.8. The van der Waals surface area contributed by atoms with Gasteiger partial charge < -0.3 is 15.0 Å². The predicted octanol–water partition coefficient (Wildman–Crippen LogP) is 3.38. The topological polar surface area (TPSA) is 98.6 Å². The number of rotatable bonds is 5. The third-order valence-electron chi connectivity index (χ3n) is 6.46. The third kappa shape index (κ3) is 5.39. The number of nitrogens with zero attached hydrogens (tertiary/aromatic N) is 4. The van der Waals surface area contributed by atoms with Crippen LogP contribution in [0.3, 0.4) is 0 Å². The minimum atomic E-state index is -0.329. The summed E-state index contributed by atoms with van der Waals surface area (Å²) in [5.41, 5.74) is 3.11. The van der Waals surface area contributed by atoms with Crippen LogP contribution in [-0.4, -0.2) is 65.0 Å². The molecule has 0 radical (unpaired) electrons. The lowest BCUT2D eigenvalue weighted by atomic mass is 10.0. The Morgan fingerprint density at radius 3 is 2.85 bits per heavy atom. The summed E-state index contributed by atoms with van der Waals surface area (Å²) in [5, 5.41) is 12.5. The van der Waals surface area contributed by atoms with Gasteiger partial charge in [-0.1, -0.05) is 11.6 Å². The Kier molecular flexibility index (Phi) is 7.47.